The number of aryl methyl sites for hydroxylation is 3. The van der Waals surface area contributed by atoms with Crippen molar-refractivity contribution in [1.82, 2.24) is 19.2 Å². The van der Waals surface area contributed by atoms with Crippen molar-refractivity contribution in [3.63, 3.8) is 0 Å². The number of carbonyl (C=O) groups is 1. The zero-order chi connectivity index (χ0) is 20.1. The number of hydrogen-bond acceptors (Lipinski definition) is 5. The molecule has 0 fully saturated rings. The molecule has 1 aliphatic rings. The second kappa shape index (κ2) is 7.07. The number of hydrogen-bond donors (Lipinski definition) is 1. The number of benzene rings is 1. The molecular weight excluding hydrogens is 454 g/mol. The molecular formula is C20H18BrN5O2S. The summed E-state index contributed by atoms with van der Waals surface area (Å²) >= 11 is 5.14. The number of nitrogens with one attached hydrogen (secondary N) is 1. The molecule has 1 aromatic carbocycles. The second-order valence-corrected chi connectivity index (χ2v) is 9.24. The van der Waals surface area contributed by atoms with Crippen molar-refractivity contribution in [2.45, 2.75) is 39.2 Å². The molecule has 4 aromatic rings. The number of rotatable bonds is 3. The van der Waals surface area contributed by atoms with Gasteiger partial charge in [0.05, 0.1) is 11.1 Å². The van der Waals surface area contributed by atoms with E-state index in [-0.39, 0.29) is 18.1 Å². The largest absolute Gasteiger partial charge is 0.352 e. The molecule has 0 saturated carbocycles. The fraction of sp³-hybridized carbons (Fsp3) is 0.300. The van der Waals surface area contributed by atoms with Crippen molar-refractivity contribution in [3.05, 3.63) is 55.5 Å². The van der Waals surface area contributed by atoms with E-state index in [1.165, 1.54) is 32.3 Å². The first-order valence-corrected chi connectivity index (χ1v) is 11.1. The first-order valence-electron chi connectivity index (χ1n) is 9.45. The smallest absolute Gasteiger partial charge is 0.323 e. The number of nitrogens with zero attached hydrogens (tertiary/aromatic N) is 4. The maximum Gasteiger partial charge on any atom is 0.352 e. The van der Waals surface area contributed by atoms with Gasteiger partial charge in [-0.3, -0.25) is 4.79 Å². The minimum absolute atomic E-state index is 0.158. The minimum atomic E-state index is -0.358. The molecule has 0 spiro atoms. The molecule has 0 aliphatic heterocycles. The van der Waals surface area contributed by atoms with Crippen molar-refractivity contribution >= 4 is 54.7 Å². The molecule has 148 valence electrons. The average molecular weight is 472 g/mol. The molecule has 0 saturated heterocycles. The van der Waals surface area contributed by atoms with Crippen LogP contribution in [0.25, 0.3) is 15.9 Å². The van der Waals surface area contributed by atoms with Crippen molar-refractivity contribution in [1.29, 1.82) is 0 Å². The quantitative estimate of drug-likeness (QED) is 0.493. The highest BCUT2D eigenvalue weighted by Crippen LogP contribution is 2.36. The van der Waals surface area contributed by atoms with Crippen molar-refractivity contribution in [2.24, 2.45) is 0 Å². The monoisotopic (exact) mass is 471 g/mol. The van der Waals surface area contributed by atoms with E-state index in [4.69, 9.17) is 0 Å². The summed E-state index contributed by atoms with van der Waals surface area (Å²) in [5.41, 5.74) is 3.24. The number of thiophene rings is 1. The minimum Gasteiger partial charge on any atom is -0.323 e. The third-order valence-electron chi connectivity index (χ3n) is 5.23. The van der Waals surface area contributed by atoms with E-state index in [0.29, 0.717) is 11.3 Å². The van der Waals surface area contributed by atoms with Crippen LogP contribution < -0.4 is 11.0 Å². The lowest BCUT2D eigenvalue weighted by atomic mass is 9.97. The highest BCUT2D eigenvalue weighted by Gasteiger charge is 2.22. The summed E-state index contributed by atoms with van der Waals surface area (Å²) in [5, 5.41) is 8.29. The zero-order valence-corrected chi connectivity index (χ0v) is 18.1. The molecule has 1 aliphatic carbocycles. The Morgan fingerprint density at radius 1 is 1.31 bits per heavy atom. The third kappa shape index (κ3) is 3.18. The average Bonchev–Trinajstić information content (AvgIpc) is 3.22. The van der Waals surface area contributed by atoms with Gasteiger partial charge in [0.25, 0.3) is 0 Å². The summed E-state index contributed by atoms with van der Waals surface area (Å²) in [4.78, 5) is 32.1. The van der Waals surface area contributed by atoms with Gasteiger partial charge in [0, 0.05) is 9.35 Å². The van der Waals surface area contributed by atoms with Crippen molar-refractivity contribution in [2.75, 3.05) is 5.32 Å². The summed E-state index contributed by atoms with van der Waals surface area (Å²) < 4.78 is 3.45. The van der Waals surface area contributed by atoms with Crippen LogP contribution >= 0.6 is 27.3 Å². The highest BCUT2D eigenvalue weighted by atomic mass is 79.9. The third-order valence-corrected chi connectivity index (χ3v) is 7.09. The van der Waals surface area contributed by atoms with Crippen LogP contribution in [0.5, 0.6) is 0 Å². The Balaban J connectivity index is 1.51. The van der Waals surface area contributed by atoms with Gasteiger partial charge in [-0.2, -0.15) is 0 Å². The maximum absolute atomic E-state index is 12.8. The molecule has 9 heteroatoms. The van der Waals surface area contributed by atoms with E-state index in [9.17, 15) is 9.59 Å². The first-order chi connectivity index (χ1) is 14.0. The summed E-state index contributed by atoms with van der Waals surface area (Å²) in [7, 11) is 0. The van der Waals surface area contributed by atoms with Crippen LogP contribution in [-0.2, 0) is 24.2 Å². The van der Waals surface area contributed by atoms with Gasteiger partial charge in [-0.15, -0.1) is 16.4 Å². The van der Waals surface area contributed by atoms with E-state index in [0.717, 1.165) is 39.5 Å². The lowest BCUT2D eigenvalue weighted by molar-refractivity contribution is -0.117. The van der Waals surface area contributed by atoms with E-state index in [1.54, 1.807) is 11.3 Å². The van der Waals surface area contributed by atoms with Gasteiger partial charge in [0.2, 0.25) is 5.91 Å². The molecule has 29 heavy (non-hydrogen) atoms. The topological polar surface area (TPSA) is 81.3 Å². The van der Waals surface area contributed by atoms with Gasteiger partial charge in [-0.1, -0.05) is 6.07 Å². The number of halogens is 1. The lowest BCUT2D eigenvalue weighted by Gasteiger charge is -2.09. The first kappa shape index (κ1) is 18.5. The summed E-state index contributed by atoms with van der Waals surface area (Å²) in [5.74, 6) is -0.309. The van der Waals surface area contributed by atoms with Crippen LogP contribution in [-0.4, -0.2) is 25.1 Å². The predicted octanol–water partition coefficient (Wildman–Crippen LogP) is 3.69. The van der Waals surface area contributed by atoms with Gasteiger partial charge in [-0.05, 0) is 71.8 Å². The molecule has 3 heterocycles. The zero-order valence-electron chi connectivity index (χ0n) is 15.7. The second-order valence-electron chi connectivity index (χ2n) is 7.30. The van der Waals surface area contributed by atoms with Crippen LogP contribution in [0.4, 0.5) is 5.69 Å². The molecule has 0 atom stereocenters. The van der Waals surface area contributed by atoms with Gasteiger partial charge in [-0.25, -0.2) is 18.9 Å². The van der Waals surface area contributed by atoms with Gasteiger partial charge in [0.15, 0.2) is 5.65 Å². The van der Waals surface area contributed by atoms with Crippen LogP contribution in [0, 0.1) is 6.92 Å². The lowest BCUT2D eigenvalue weighted by Crippen LogP contribution is -2.28. The molecule has 1 N–H and O–H groups in total. The van der Waals surface area contributed by atoms with Crippen LogP contribution in [0.3, 0.4) is 0 Å². The number of amides is 1. The number of carbonyl (C=O) groups excluding carboxylic acids is 1. The Bertz CT molecular complexity index is 1340. The predicted molar refractivity (Wildman–Crippen MR) is 117 cm³/mol. The Kier molecular flexibility index (Phi) is 4.51. The van der Waals surface area contributed by atoms with E-state index in [2.05, 4.69) is 31.3 Å². The molecule has 5 rings (SSSR count). The van der Waals surface area contributed by atoms with Gasteiger partial charge >= 0.3 is 5.69 Å². The Labute approximate surface area is 178 Å². The van der Waals surface area contributed by atoms with Gasteiger partial charge in [0.1, 0.15) is 17.7 Å². The standard InChI is InChI=1S/C20H18BrN5O2S/c1-11-6-7-14(13(21)8-11)23-16(27)9-26-20(28)25-10-22-19-17(18(25)24-26)12-4-2-3-5-15(12)29-19/h6-8,10H,2-5,9H2,1H3,(H,23,27). The van der Waals surface area contributed by atoms with Crippen LogP contribution in [0.1, 0.15) is 28.8 Å². The number of fused-ring (bicyclic) bond motifs is 5. The van der Waals surface area contributed by atoms with E-state index < -0.39 is 0 Å². The molecule has 0 unspecified atom stereocenters. The molecule has 0 bridgehead atoms. The van der Waals surface area contributed by atoms with E-state index >= 15 is 0 Å². The van der Waals surface area contributed by atoms with E-state index in [1.807, 2.05) is 25.1 Å². The molecule has 7 nitrogen and oxygen atoms in total. The summed E-state index contributed by atoms with van der Waals surface area (Å²) in [6.07, 6.45) is 5.88. The normalized spacial score (nSPS) is 13.7. The van der Waals surface area contributed by atoms with Crippen LogP contribution in [0.2, 0.25) is 0 Å². The number of anilines is 1. The molecule has 0 radical (unpaired) electrons. The fourth-order valence-electron chi connectivity index (χ4n) is 3.83. The molecule has 3 aromatic heterocycles. The fourth-order valence-corrected chi connectivity index (χ4v) is 5.64. The highest BCUT2D eigenvalue weighted by molar-refractivity contribution is 9.10. The number of aromatic nitrogens is 4. The van der Waals surface area contributed by atoms with Crippen LogP contribution in [0.15, 0.2) is 33.8 Å². The van der Waals surface area contributed by atoms with Gasteiger partial charge < -0.3 is 5.32 Å². The maximum atomic E-state index is 12.8. The Morgan fingerprint density at radius 2 is 2.14 bits per heavy atom. The summed E-state index contributed by atoms with van der Waals surface area (Å²) in [6, 6.07) is 5.67. The summed E-state index contributed by atoms with van der Waals surface area (Å²) in [6.45, 7) is 1.82. The SMILES string of the molecule is Cc1ccc(NC(=O)Cn2nc3c4c5c(sc4ncn3c2=O)CCCC5)c(Br)c1. The molecule has 1 amide bonds. The van der Waals surface area contributed by atoms with Crippen molar-refractivity contribution in [3.8, 4) is 0 Å². The Hall–Kier alpha value is -2.52. The van der Waals surface area contributed by atoms with Crippen molar-refractivity contribution < 1.29 is 4.79 Å². The Morgan fingerprint density at radius 3 is 2.97 bits per heavy atom.